The predicted octanol–water partition coefficient (Wildman–Crippen LogP) is 2.48. The lowest BCUT2D eigenvalue weighted by molar-refractivity contribution is -0.116. The number of amides is 1. The summed E-state index contributed by atoms with van der Waals surface area (Å²) in [6, 6.07) is 7.15. The minimum absolute atomic E-state index is 0.0296. The number of anilines is 1. The molecule has 0 radical (unpaired) electrons. The Bertz CT molecular complexity index is 1010. The van der Waals surface area contributed by atoms with Crippen LogP contribution in [0.2, 0.25) is 0 Å². The molecule has 2 aromatic heterocycles. The average molecular weight is 383 g/mol. The molecule has 3 aromatic rings. The number of para-hydroxylation sites is 1. The number of likely N-dealkylation sites (tertiary alicyclic amines) is 1. The Morgan fingerprint density at radius 3 is 2.85 bits per heavy atom. The molecule has 1 fully saturated rings. The third-order valence-corrected chi connectivity index (χ3v) is 5.49. The number of benzene rings is 1. The van der Waals surface area contributed by atoms with E-state index in [4.69, 9.17) is 0 Å². The number of carbonyl (C=O) groups is 1. The summed E-state index contributed by atoms with van der Waals surface area (Å²) >= 11 is 1.43. The fourth-order valence-electron chi connectivity index (χ4n) is 3.37. The molecule has 1 amide bonds. The van der Waals surface area contributed by atoms with Crippen LogP contribution in [0.15, 0.2) is 40.6 Å². The predicted molar refractivity (Wildman–Crippen MR) is 106 cm³/mol. The van der Waals surface area contributed by atoms with E-state index in [-0.39, 0.29) is 17.9 Å². The van der Waals surface area contributed by atoms with Gasteiger partial charge in [-0.15, -0.1) is 11.3 Å². The van der Waals surface area contributed by atoms with Gasteiger partial charge >= 0.3 is 0 Å². The summed E-state index contributed by atoms with van der Waals surface area (Å²) in [7, 11) is 0. The smallest absolute Gasteiger partial charge is 0.247 e. The Kier molecular flexibility index (Phi) is 5.26. The molecule has 1 aliphatic heterocycles. The zero-order chi connectivity index (χ0) is 18.6. The van der Waals surface area contributed by atoms with Crippen molar-refractivity contribution in [1.29, 1.82) is 0 Å². The van der Waals surface area contributed by atoms with Crippen molar-refractivity contribution in [2.24, 2.45) is 0 Å². The second kappa shape index (κ2) is 7.98. The Hall–Kier alpha value is -2.58. The first-order valence-corrected chi connectivity index (χ1v) is 9.98. The molecular weight excluding hydrogens is 362 g/mol. The number of hydrogen-bond donors (Lipinski definition) is 1. The number of rotatable bonds is 5. The Morgan fingerprint density at radius 2 is 2.00 bits per heavy atom. The van der Waals surface area contributed by atoms with Crippen molar-refractivity contribution < 1.29 is 4.79 Å². The molecule has 1 saturated heterocycles. The summed E-state index contributed by atoms with van der Waals surface area (Å²) in [6.07, 6.45) is 5.04. The van der Waals surface area contributed by atoms with E-state index >= 15 is 0 Å². The SMILES string of the molecule is O=C(Cn1ncc(=O)c2ccccc21)Nc1nc(CN2CCCCC2)cs1. The van der Waals surface area contributed by atoms with Gasteiger partial charge in [-0.2, -0.15) is 5.10 Å². The number of hydrogen-bond acceptors (Lipinski definition) is 6. The minimum Gasteiger partial charge on any atom is -0.300 e. The molecule has 4 rings (SSSR count). The summed E-state index contributed by atoms with van der Waals surface area (Å²) in [6.45, 7) is 3.09. The van der Waals surface area contributed by atoms with Gasteiger partial charge in [0.25, 0.3) is 0 Å². The van der Waals surface area contributed by atoms with Crippen LogP contribution < -0.4 is 10.7 Å². The molecule has 140 valence electrons. The van der Waals surface area contributed by atoms with Crippen molar-refractivity contribution in [2.75, 3.05) is 18.4 Å². The van der Waals surface area contributed by atoms with Crippen LogP contribution in [0.5, 0.6) is 0 Å². The zero-order valence-electron chi connectivity index (χ0n) is 14.9. The van der Waals surface area contributed by atoms with E-state index < -0.39 is 0 Å². The maximum absolute atomic E-state index is 12.4. The average Bonchev–Trinajstić information content (AvgIpc) is 3.12. The minimum atomic E-state index is -0.213. The molecule has 1 aromatic carbocycles. The van der Waals surface area contributed by atoms with Crippen molar-refractivity contribution in [3.63, 3.8) is 0 Å². The molecule has 0 aliphatic carbocycles. The lowest BCUT2D eigenvalue weighted by Gasteiger charge is -2.25. The number of fused-ring (bicyclic) bond motifs is 1. The summed E-state index contributed by atoms with van der Waals surface area (Å²) in [5.74, 6) is -0.213. The highest BCUT2D eigenvalue weighted by molar-refractivity contribution is 7.13. The van der Waals surface area contributed by atoms with E-state index in [0.717, 1.165) is 25.3 Å². The molecular formula is C19H21N5O2S. The molecule has 27 heavy (non-hydrogen) atoms. The highest BCUT2D eigenvalue weighted by atomic mass is 32.1. The summed E-state index contributed by atoms with van der Waals surface area (Å²) in [5, 5.41) is 10.1. The van der Waals surface area contributed by atoms with Crippen molar-refractivity contribution >= 4 is 33.3 Å². The lowest BCUT2D eigenvalue weighted by atomic mass is 10.1. The Morgan fingerprint density at radius 1 is 1.19 bits per heavy atom. The van der Waals surface area contributed by atoms with E-state index in [1.165, 1.54) is 41.5 Å². The molecule has 7 nitrogen and oxygen atoms in total. The number of piperidine rings is 1. The summed E-state index contributed by atoms with van der Waals surface area (Å²) in [5.41, 5.74) is 1.48. The number of nitrogens with one attached hydrogen (secondary N) is 1. The molecule has 0 bridgehead atoms. The fourth-order valence-corrected chi connectivity index (χ4v) is 4.08. The van der Waals surface area contributed by atoms with Crippen molar-refractivity contribution in [2.45, 2.75) is 32.4 Å². The largest absolute Gasteiger partial charge is 0.300 e. The van der Waals surface area contributed by atoms with Crippen molar-refractivity contribution in [1.82, 2.24) is 19.7 Å². The molecule has 1 aliphatic rings. The van der Waals surface area contributed by atoms with Gasteiger partial charge in [-0.1, -0.05) is 18.6 Å². The lowest BCUT2D eigenvalue weighted by Crippen LogP contribution is -2.29. The molecule has 0 atom stereocenters. The first kappa shape index (κ1) is 17.8. The van der Waals surface area contributed by atoms with Crippen molar-refractivity contribution in [3.8, 4) is 0 Å². The number of carbonyl (C=O) groups excluding carboxylic acids is 1. The van der Waals surface area contributed by atoms with Crippen LogP contribution in [0.3, 0.4) is 0 Å². The normalized spacial score (nSPS) is 15.1. The second-order valence-electron chi connectivity index (χ2n) is 6.71. The maximum Gasteiger partial charge on any atom is 0.247 e. The van der Waals surface area contributed by atoms with E-state index in [2.05, 4.69) is 20.3 Å². The van der Waals surface area contributed by atoms with Crippen LogP contribution in [-0.4, -0.2) is 38.7 Å². The van der Waals surface area contributed by atoms with Crippen LogP contribution in [0.4, 0.5) is 5.13 Å². The van der Waals surface area contributed by atoms with Gasteiger partial charge in [0, 0.05) is 17.3 Å². The van der Waals surface area contributed by atoms with E-state index in [9.17, 15) is 9.59 Å². The monoisotopic (exact) mass is 383 g/mol. The molecule has 0 spiro atoms. The second-order valence-corrected chi connectivity index (χ2v) is 7.57. The summed E-state index contributed by atoms with van der Waals surface area (Å²) < 4.78 is 1.54. The zero-order valence-corrected chi connectivity index (χ0v) is 15.7. The van der Waals surface area contributed by atoms with Gasteiger partial charge in [-0.3, -0.25) is 19.2 Å². The molecule has 0 saturated carbocycles. The van der Waals surface area contributed by atoms with Crippen molar-refractivity contribution in [3.05, 3.63) is 51.8 Å². The number of thiazole rings is 1. The fraction of sp³-hybridized carbons (Fsp3) is 0.368. The molecule has 0 unspecified atom stereocenters. The topological polar surface area (TPSA) is 80.1 Å². The third kappa shape index (κ3) is 4.23. The standard InChI is InChI=1S/C19H21N5O2S/c25-17-10-20-24(16-7-3-2-6-15(16)17)12-18(26)22-19-21-14(13-27-19)11-23-8-4-1-5-9-23/h2-3,6-7,10,13H,1,4-5,8-9,11-12H2,(H,21,22,26). The van der Waals surface area contributed by atoms with Crippen LogP contribution in [0.25, 0.3) is 10.9 Å². The molecule has 1 N–H and O–H groups in total. The number of aromatic nitrogens is 3. The first-order valence-electron chi connectivity index (χ1n) is 9.10. The van der Waals surface area contributed by atoms with E-state index in [0.29, 0.717) is 16.0 Å². The highest BCUT2D eigenvalue weighted by Gasteiger charge is 2.14. The van der Waals surface area contributed by atoms with Gasteiger partial charge in [-0.25, -0.2) is 4.98 Å². The molecule has 3 heterocycles. The quantitative estimate of drug-likeness (QED) is 0.732. The molecule has 8 heteroatoms. The maximum atomic E-state index is 12.4. The van der Waals surface area contributed by atoms with Gasteiger partial charge in [-0.05, 0) is 38.1 Å². The Labute approximate surface area is 160 Å². The van der Waals surface area contributed by atoms with Gasteiger partial charge in [0.2, 0.25) is 11.3 Å². The van der Waals surface area contributed by atoms with Gasteiger partial charge < -0.3 is 5.32 Å². The van der Waals surface area contributed by atoms with Crippen LogP contribution in [-0.2, 0) is 17.9 Å². The Balaban J connectivity index is 1.41. The van der Waals surface area contributed by atoms with Crippen LogP contribution in [0.1, 0.15) is 25.0 Å². The highest BCUT2D eigenvalue weighted by Crippen LogP contribution is 2.19. The van der Waals surface area contributed by atoms with Crippen LogP contribution in [0, 0.1) is 0 Å². The van der Waals surface area contributed by atoms with E-state index in [1.54, 1.807) is 18.2 Å². The number of nitrogens with zero attached hydrogens (tertiary/aromatic N) is 4. The third-order valence-electron chi connectivity index (χ3n) is 4.69. The summed E-state index contributed by atoms with van der Waals surface area (Å²) in [4.78, 5) is 31.2. The van der Waals surface area contributed by atoms with Gasteiger partial charge in [0.15, 0.2) is 5.13 Å². The van der Waals surface area contributed by atoms with Gasteiger partial charge in [0.1, 0.15) is 6.54 Å². The van der Waals surface area contributed by atoms with E-state index in [1.807, 2.05) is 11.4 Å². The van der Waals surface area contributed by atoms with Crippen LogP contribution >= 0.6 is 11.3 Å². The van der Waals surface area contributed by atoms with Gasteiger partial charge in [0.05, 0.1) is 17.4 Å². The first-order chi connectivity index (χ1) is 13.2.